The van der Waals surface area contributed by atoms with Gasteiger partial charge >= 0.3 is 6.03 Å². The van der Waals surface area contributed by atoms with E-state index in [2.05, 4.69) is 15.5 Å². The Morgan fingerprint density at radius 2 is 1.84 bits per heavy atom. The molecule has 1 N–H and O–H groups in total. The highest BCUT2D eigenvalue weighted by molar-refractivity contribution is 6.30. The summed E-state index contributed by atoms with van der Waals surface area (Å²) in [7, 11) is 3.13. The smallest absolute Gasteiger partial charge is 0.322 e. The van der Waals surface area contributed by atoms with E-state index in [4.69, 9.17) is 25.6 Å². The molecule has 162 valence electrons. The molecule has 1 atom stereocenters. The monoisotopic (exact) mass is 442 g/mol. The topological polar surface area (TPSA) is 89.7 Å². The number of halogens is 1. The molecule has 1 fully saturated rings. The molecule has 1 aliphatic rings. The molecule has 8 nitrogen and oxygen atoms in total. The van der Waals surface area contributed by atoms with Gasteiger partial charge in [0.05, 0.1) is 14.2 Å². The van der Waals surface area contributed by atoms with E-state index in [1.54, 1.807) is 49.5 Å². The summed E-state index contributed by atoms with van der Waals surface area (Å²) >= 11 is 5.95. The van der Waals surface area contributed by atoms with Gasteiger partial charge in [-0.3, -0.25) is 0 Å². The lowest BCUT2D eigenvalue weighted by atomic mass is 10.0. The Morgan fingerprint density at radius 1 is 1.13 bits per heavy atom. The SMILES string of the molecule is COc1cc(NC(=O)N2CCCCC2c2nc(-c3ccc(Cl)cc3)no2)cc(OC)c1. The highest BCUT2D eigenvalue weighted by Gasteiger charge is 2.32. The lowest BCUT2D eigenvalue weighted by Gasteiger charge is -2.33. The van der Waals surface area contributed by atoms with Crippen molar-refractivity contribution in [2.75, 3.05) is 26.1 Å². The number of urea groups is 1. The molecular formula is C22H23ClN4O4. The number of hydrogen-bond acceptors (Lipinski definition) is 6. The van der Waals surface area contributed by atoms with Crippen LogP contribution in [0, 0.1) is 0 Å². The summed E-state index contributed by atoms with van der Waals surface area (Å²) in [6.45, 7) is 0.594. The van der Waals surface area contributed by atoms with Gasteiger partial charge in [0.15, 0.2) is 0 Å². The van der Waals surface area contributed by atoms with Crippen LogP contribution in [-0.4, -0.2) is 41.8 Å². The van der Waals surface area contributed by atoms with Crippen LogP contribution in [0.2, 0.25) is 5.02 Å². The second-order valence-electron chi connectivity index (χ2n) is 7.20. The number of carbonyl (C=O) groups excluding carboxylic acids is 1. The maximum Gasteiger partial charge on any atom is 0.322 e. The van der Waals surface area contributed by atoms with Crippen molar-refractivity contribution < 1.29 is 18.8 Å². The normalized spacial score (nSPS) is 16.1. The predicted octanol–water partition coefficient (Wildman–Crippen LogP) is 5.17. The molecule has 0 spiro atoms. The van der Waals surface area contributed by atoms with Gasteiger partial charge in [0.25, 0.3) is 0 Å². The standard InChI is InChI=1S/C22H23ClN4O4/c1-29-17-11-16(12-18(13-17)30-2)24-22(28)27-10-4-3-5-19(27)21-25-20(26-31-21)14-6-8-15(23)9-7-14/h6-9,11-13,19H,3-5,10H2,1-2H3,(H,24,28). The Kier molecular flexibility index (Phi) is 6.27. The van der Waals surface area contributed by atoms with Crippen LogP contribution in [0.5, 0.6) is 11.5 Å². The third-order valence-electron chi connectivity index (χ3n) is 5.20. The summed E-state index contributed by atoms with van der Waals surface area (Å²) in [6, 6.07) is 11.9. The van der Waals surface area contributed by atoms with Gasteiger partial charge in [-0.15, -0.1) is 0 Å². The molecule has 0 saturated carbocycles. The number of nitrogens with zero attached hydrogens (tertiary/aromatic N) is 3. The van der Waals surface area contributed by atoms with Crippen molar-refractivity contribution in [2.45, 2.75) is 25.3 Å². The van der Waals surface area contributed by atoms with Crippen molar-refractivity contribution in [2.24, 2.45) is 0 Å². The number of benzene rings is 2. The fraction of sp³-hybridized carbons (Fsp3) is 0.318. The van der Waals surface area contributed by atoms with Crippen LogP contribution in [0.25, 0.3) is 11.4 Å². The Hall–Kier alpha value is -3.26. The van der Waals surface area contributed by atoms with Crippen molar-refractivity contribution in [3.8, 4) is 22.9 Å². The number of piperidine rings is 1. The predicted molar refractivity (Wildman–Crippen MR) is 117 cm³/mol. The molecule has 31 heavy (non-hydrogen) atoms. The van der Waals surface area contributed by atoms with Gasteiger partial charge in [0.2, 0.25) is 11.7 Å². The Labute approximate surface area is 185 Å². The lowest BCUT2D eigenvalue weighted by molar-refractivity contribution is 0.142. The molecule has 1 unspecified atom stereocenters. The average Bonchev–Trinajstić information content (AvgIpc) is 3.29. The van der Waals surface area contributed by atoms with Crippen LogP contribution >= 0.6 is 11.6 Å². The van der Waals surface area contributed by atoms with E-state index < -0.39 is 0 Å². The van der Waals surface area contributed by atoms with E-state index in [0.717, 1.165) is 24.8 Å². The number of aromatic nitrogens is 2. The molecule has 0 radical (unpaired) electrons. The Bertz CT molecular complexity index is 1030. The number of amides is 2. The fourth-order valence-electron chi connectivity index (χ4n) is 3.59. The largest absolute Gasteiger partial charge is 0.497 e. The third-order valence-corrected chi connectivity index (χ3v) is 5.45. The molecule has 1 aromatic heterocycles. The summed E-state index contributed by atoms with van der Waals surface area (Å²) in [6.07, 6.45) is 2.63. The molecule has 0 aliphatic carbocycles. The Morgan fingerprint density at radius 3 is 2.52 bits per heavy atom. The van der Waals surface area contributed by atoms with Crippen LogP contribution in [0.4, 0.5) is 10.5 Å². The molecule has 4 rings (SSSR count). The molecule has 1 saturated heterocycles. The molecule has 0 bridgehead atoms. The van der Waals surface area contributed by atoms with Gasteiger partial charge in [-0.25, -0.2) is 4.79 Å². The molecule has 3 aromatic rings. The number of nitrogens with one attached hydrogen (secondary N) is 1. The van der Waals surface area contributed by atoms with Crippen LogP contribution in [0.15, 0.2) is 47.0 Å². The van der Waals surface area contributed by atoms with Gasteiger partial charge < -0.3 is 24.2 Å². The van der Waals surface area contributed by atoms with Gasteiger partial charge in [0, 0.05) is 41.0 Å². The molecular weight excluding hydrogens is 420 g/mol. The first kappa shape index (κ1) is 21.0. The summed E-state index contributed by atoms with van der Waals surface area (Å²) in [4.78, 5) is 19.4. The van der Waals surface area contributed by atoms with E-state index in [-0.39, 0.29) is 12.1 Å². The van der Waals surface area contributed by atoms with E-state index >= 15 is 0 Å². The average molecular weight is 443 g/mol. The van der Waals surface area contributed by atoms with Crippen LogP contribution in [0.3, 0.4) is 0 Å². The van der Waals surface area contributed by atoms with Crippen molar-refractivity contribution in [1.29, 1.82) is 0 Å². The lowest BCUT2D eigenvalue weighted by Crippen LogP contribution is -2.41. The first-order valence-electron chi connectivity index (χ1n) is 9.97. The first-order valence-corrected chi connectivity index (χ1v) is 10.4. The second kappa shape index (κ2) is 9.26. The maximum atomic E-state index is 13.1. The number of rotatable bonds is 5. The quantitative estimate of drug-likeness (QED) is 0.586. The number of likely N-dealkylation sites (tertiary alicyclic amines) is 1. The second-order valence-corrected chi connectivity index (χ2v) is 7.64. The molecule has 1 aliphatic heterocycles. The van der Waals surface area contributed by atoms with Crippen molar-refractivity contribution in [3.05, 3.63) is 53.4 Å². The summed E-state index contributed by atoms with van der Waals surface area (Å²) < 4.78 is 16.1. The number of methoxy groups -OCH3 is 2. The van der Waals surface area contributed by atoms with E-state index in [9.17, 15) is 4.79 Å². The number of anilines is 1. The molecule has 2 heterocycles. The Balaban J connectivity index is 1.54. The van der Waals surface area contributed by atoms with Gasteiger partial charge in [-0.1, -0.05) is 16.8 Å². The van der Waals surface area contributed by atoms with E-state index in [1.165, 1.54) is 0 Å². The van der Waals surface area contributed by atoms with Gasteiger partial charge in [0.1, 0.15) is 17.5 Å². The number of carbonyl (C=O) groups is 1. The van der Waals surface area contributed by atoms with Crippen LogP contribution in [0.1, 0.15) is 31.2 Å². The summed E-state index contributed by atoms with van der Waals surface area (Å²) in [5.41, 5.74) is 1.38. The summed E-state index contributed by atoms with van der Waals surface area (Å²) in [5, 5.41) is 7.66. The van der Waals surface area contributed by atoms with Crippen molar-refractivity contribution >= 4 is 23.3 Å². The van der Waals surface area contributed by atoms with Crippen LogP contribution < -0.4 is 14.8 Å². The van der Waals surface area contributed by atoms with Crippen LogP contribution in [-0.2, 0) is 0 Å². The molecule has 2 amide bonds. The fourth-order valence-corrected chi connectivity index (χ4v) is 3.72. The van der Waals surface area contributed by atoms with Crippen molar-refractivity contribution in [1.82, 2.24) is 15.0 Å². The zero-order chi connectivity index (χ0) is 21.8. The molecule has 9 heteroatoms. The van der Waals surface area contributed by atoms with Gasteiger partial charge in [-0.2, -0.15) is 4.98 Å². The molecule has 2 aromatic carbocycles. The van der Waals surface area contributed by atoms with E-state index in [0.29, 0.717) is 40.5 Å². The van der Waals surface area contributed by atoms with Gasteiger partial charge in [-0.05, 0) is 43.5 Å². The van der Waals surface area contributed by atoms with E-state index in [1.807, 2.05) is 12.1 Å². The minimum absolute atomic E-state index is 0.244. The zero-order valence-electron chi connectivity index (χ0n) is 17.3. The maximum absolute atomic E-state index is 13.1. The minimum atomic E-state index is -0.296. The first-order chi connectivity index (χ1) is 15.1. The van der Waals surface area contributed by atoms with Crippen molar-refractivity contribution in [3.63, 3.8) is 0 Å². The highest BCUT2D eigenvalue weighted by atomic mass is 35.5. The highest BCUT2D eigenvalue weighted by Crippen LogP contribution is 2.33. The zero-order valence-corrected chi connectivity index (χ0v) is 18.1. The third kappa shape index (κ3) is 4.74. The number of ether oxygens (including phenoxy) is 2. The summed E-state index contributed by atoms with van der Waals surface area (Å²) in [5.74, 6) is 2.07. The number of hydrogen-bond donors (Lipinski definition) is 1. The minimum Gasteiger partial charge on any atom is -0.497 e.